The van der Waals surface area contributed by atoms with Crippen molar-refractivity contribution in [2.75, 3.05) is 23.4 Å². The largest absolute Gasteiger partial charge is 0.325 e. The average molecular weight is 379 g/mol. The summed E-state index contributed by atoms with van der Waals surface area (Å²) in [6.07, 6.45) is 0.465. The number of benzene rings is 2. The van der Waals surface area contributed by atoms with Gasteiger partial charge in [-0.15, -0.1) is 0 Å². The first-order valence-corrected chi connectivity index (χ1v) is 10.1. The number of hydrogen-bond donors (Lipinski definition) is 3. The van der Waals surface area contributed by atoms with Crippen LogP contribution in [0.15, 0.2) is 54.6 Å². The molecule has 138 valence electrons. The third-order valence-corrected chi connectivity index (χ3v) is 5.53. The summed E-state index contributed by atoms with van der Waals surface area (Å²) in [4.78, 5) is 17.1. The zero-order valence-corrected chi connectivity index (χ0v) is 15.6. The summed E-state index contributed by atoms with van der Waals surface area (Å²) in [5.74, 6) is 3.35. The number of amides is 1. The van der Waals surface area contributed by atoms with Crippen molar-refractivity contribution in [1.29, 1.82) is 0 Å². The van der Waals surface area contributed by atoms with Crippen LogP contribution in [0.2, 0.25) is 0 Å². The molecule has 0 spiro atoms. The maximum absolute atomic E-state index is 12.5. The highest BCUT2D eigenvalue weighted by atomic mass is 32.2. The van der Waals surface area contributed by atoms with Gasteiger partial charge in [-0.05, 0) is 12.1 Å². The molecule has 1 fully saturated rings. The molecule has 3 aromatic rings. The summed E-state index contributed by atoms with van der Waals surface area (Å²) in [6.45, 7) is 0.958. The second-order valence-electron chi connectivity index (χ2n) is 6.40. The Labute approximate surface area is 162 Å². The van der Waals surface area contributed by atoms with Crippen molar-refractivity contribution in [2.45, 2.75) is 12.5 Å². The number of hydrogen-bond acceptors (Lipinski definition) is 5. The Kier molecular flexibility index (Phi) is 5.50. The van der Waals surface area contributed by atoms with Crippen molar-refractivity contribution in [3.63, 3.8) is 0 Å². The van der Waals surface area contributed by atoms with Crippen LogP contribution in [0.3, 0.4) is 0 Å². The van der Waals surface area contributed by atoms with E-state index >= 15 is 0 Å². The Morgan fingerprint density at radius 1 is 1.15 bits per heavy atom. The van der Waals surface area contributed by atoms with E-state index in [0.29, 0.717) is 18.1 Å². The van der Waals surface area contributed by atoms with Gasteiger partial charge < -0.3 is 10.6 Å². The summed E-state index contributed by atoms with van der Waals surface area (Å²) in [7, 11) is 0. The van der Waals surface area contributed by atoms with Gasteiger partial charge in [-0.3, -0.25) is 9.89 Å². The molecular weight excluding hydrogens is 358 g/mol. The molecule has 1 aromatic heterocycles. The number of nitrogens with one attached hydrogen (secondary N) is 3. The van der Waals surface area contributed by atoms with E-state index < -0.39 is 0 Å². The van der Waals surface area contributed by atoms with Crippen LogP contribution in [-0.2, 0) is 4.79 Å². The molecule has 6 nitrogen and oxygen atoms in total. The van der Waals surface area contributed by atoms with Crippen LogP contribution < -0.4 is 10.6 Å². The summed E-state index contributed by atoms with van der Waals surface area (Å²) in [6, 6.07) is 17.7. The Bertz CT molecular complexity index is 906. The van der Waals surface area contributed by atoms with Crippen LogP contribution in [0.4, 0.5) is 5.69 Å². The van der Waals surface area contributed by atoms with E-state index in [0.717, 1.165) is 34.9 Å². The quantitative estimate of drug-likeness (QED) is 0.634. The Hall–Kier alpha value is -2.64. The fraction of sp³-hybridized carbons (Fsp3) is 0.250. The van der Waals surface area contributed by atoms with Crippen LogP contribution in [0.25, 0.3) is 22.8 Å². The van der Waals surface area contributed by atoms with E-state index in [1.54, 1.807) is 0 Å². The third-order valence-electron chi connectivity index (χ3n) is 4.40. The lowest BCUT2D eigenvalue weighted by Gasteiger charge is -2.22. The van der Waals surface area contributed by atoms with E-state index in [4.69, 9.17) is 0 Å². The number of carbonyl (C=O) groups excluding carboxylic acids is 1. The van der Waals surface area contributed by atoms with Crippen molar-refractivity contribution >= 4 is 23.4 Å². The van der Waals surface area contributed by atoms with Gasteiger partial charge in [0.05, 0.1) is 5.69 Å². The maximum Gasteiger partial charge on any atom is 0.225 e. The lowest BCUT2D eigenvalue weighted by molar-refractivity contribution is -0.116. The maximum atomic E-state index is 12.5. The topological polar surface area (TPSA) is 82.7 Å². The summed E-state index contributed by atoms with van der Waals surface area (Å²) >= 11 is 1.89. The highest BCUT2D eigenvalue weighted by Gasteiger charge is 2.18. The first kappa shape index (κ1) is 17.8. The molecule has 3 N–H and O–H groups in total. The molecule has 1 amide bonds. The molecule has 1 unspecified atom stereocenters. The van der Waals surface area contributed by atoms with Gasteiger partial charge in [-0.25, -0.2) is 4.98 Å². The van der Waals surface area contributed by atoms with Crippen LogP contribution >= 0.6 is 11.8 Å². The molecule has 2 aromatic carbocycles. The number of nitrogens with zero attached hydrogens (tertiary/aromatic N) is 2. The smallest absolute Gasteiger partial charge is 0.225 e. The molecule has 0 aliphatic carbocycles. The van der Waals surface area contributed by atoms with Gasteiger partial charge in [0, 0.05) is 41.6 Å². The number of carbonyl (C=O) groups is 1. The summed E-state index contributed by atoms with van der Waals surface area (Å²) in [5, 5.41) is 13.7. The van der Waals surface area contributed by atoms with Crippen molar-refractivity contribution in [3.8, 4) is 22.8 Å². The van der Waals surface area contributed by atoms with E-state index in [1.165, 1.54) is 0 Å². The van der Waals surface area contributed by atoms with E-state index in [1.807, 2.05) is 66.4 Å². The van der Waals surface area contributed by atoms with E-state index in [-0.39, 0.29) is 11.9 Å². The number of aromatic amines is 1. The first-order valence-electron chi connectivity index (χ1n) is 8.98. The van der Waals surface area contributed by atoms with Crippen LogP contribution in [-0.4, -0.2) is 45.2 Å². The zero-order valence-electron chi connectivity index (χ0n) is 14.8. The van der Waals surface area contributed by atoms with Crippen molar-refractivity contribution in [1.82, 2.24) is 20.5 Å². The first-order chi connectivity index (χ1) is 13.3. The lowest BCUT2D eigenvalue weighted by atomic mass is 10.1. The molecule has 1 atom stereocenters. The predicted octanol–water partition coefficient (Wildman–Crippen LogP) is 3.17. The minimum absolute atomic E-state index is 0.00486. The van der Waals surface area contributed by atoms with Gasteiger partial charge in [0.15, 0.2) is 11.6 Å². The Morgan fingerprint density at radius 2 is 1.96 bits per heavy atom. The van der Waals surface area contributed by atoms with Crippen LogP contribution in [0, 0.1) is 0 Å². The Morgan fingerprint density at radius 3 is 2.78 bits per heavy atom. The van der Waals surface area contributed by atoms with E-state index in [9.17, 15) is 4.79 Å². The van der Waals surface area contributed by atoms with Gasteiger partial charge in [-0.1, -0.05) is 42.5 Å². The highest BCUT2D eigenvalue weighted by Crippen LogP contribution is 2.27. The minimum atomic E-state index is 0.00486. The number of thioether (sulfide) groups is 1. The molecule has 0 saturated carbocycles. The average Bonchev–Trinajstić information content (AvgIpc) is 3.20. The van der Waals surface area contributed by atoms with Crippen molar-refractivity contribution < 1.29 is 4.79 Å². The minimum Gasteiger partial charge on any atom is -0.325 e. The Balaban J connectivity index is 1.51. The van der Waals surface area contributed by atoms with Crippen molar-refractivity contribution in [3.05, 3.63) is 54.6 Å². The van der Waals surface area contributed by atoms with Gasteiger partial charge in [0.2, 0.25) is 5.91 Å². The molecule has 1 aliphatic heterocycles. The number of anilines is 1. The van der Waals surface area contributed by atoms with Gasteiger partial charge in [-0.2, -0.15) is 16.9 Å². The normalized spacial score (nSPS) is 16.8. The van der Waals surface area contributed by atoms with Gasteiger partial charge in [0.25, 0.3) is 0 Å². The third kappa shape index (κ3) is 4.37. The SMILES string of the molecule is O=C(CC1CSCCN1)Nc1ccccc1-c1nc(-c2ccccc2)n[nH]1. The van der Waals surface area contributed by atoms with E-state index in [2.05, 4.69) is 25.8 Å². The molecule has 27 heavy (non-hydrogen) atoms. The zero-order chi connectivity index (χ0) is 18.5. The standard InChI is InChI=1S/C20H21N5OS/c26-18(12-15-13-27-11-10-21-15)22-17-9-5-4-8-16(17)20-23-19(24-25-20)14-6-2-1-3-7-14/h1-9,15,21H,10-13H2,(H,22,26)(H,23,24,25). The molecule has 7 heteroatoms. The summed E-state index contributed by atoms with van der Waals surface area (Å²) < 4.78 is 0. The molecule has 4 rings (SSSR count). The highest BCUT2D eigenvalue weighted by molar-refractivity contribution is 7.99. The molecule has 0 bridgehead atoms. The number of H-pyrrole nitrogens is 1. The second-order valence-corrected chi connectivity index (χ2v) is 7.55. The second kappa shape index (κ2) is 8.37. The molecule has 1 saturated heterocycles. The van der Waals surface area contributed by atoms with Crippen molar-refractivity contribution in [2.24, 2.45) is 0 Å². The number of para-hydroxylation sites is 1. The van der Waals surface area contributed by atoms with Crippen LogP contribution in [0.5, 0.6) is 0 Å². The fourth-order valence-corrected chi connectivity index (χ4v) is 4.02. The molecular formula is C20H21N5OS. The fourth-order valence-electron chi connectivity index (χ4n) is 3.07. The van der Waals surface area contributed by atoms with Gasteiger partial charge >= 0.3 is 0 Å². The van der Waals surface area contributed by atoms with Crippen LogP contribution in [0.1, 0.15) is 6.42 Å². The monoisotopic (exact) mass is 379 g/mol. The van der Waals surface area contributed by atoms with Gasteiger partial charge in [0.1, 0.15) is 0 Å². The summed E-state index contributed by atoms with van der Waals surface area (Å²) in [5.41, 5.74) is 2.51. The predicted molar refractivity (Wildman–Crippen MR) is 110 cm³/mol. The lowest BCUT2D eigenvalue weighted by Crippen LogP contribution is -2.39. The molecule has 2 heterocycles. The molecule has 1 aliphatic rings. The molecule has 0 radical (unpaired) electrons. The number of aromatic nitrogens is 3. The number of rotatable bonds is 5.